The van der Waals surface area contributed by atoms with Crippen molar-refractivity contribution in [1.82, 2.24) is 20.0 Å². The number of ether oxygens (including phenoxy) is 2. The van der Waals surface area contributed by atoms with Gasteiger partial charge in [-0.2, -0.15) is 0 Å². The lowest BCUT2D eigenvalue weighted by molar-refractivity contribution is -0.0597. The van der Waals surface area contributed by atoms with E-state index in [0.29, 0.717) is 12.5 Å². The maximum absolute atomic E-state index is 5.77. The molecule has 0 saturated carbocycles. The van der Waals surface area contributed by atoms with E-state index in [1.807, 2.05) is 16.8 Å². The van der Waals surface area contributed by atoms with Gasteiger partial charge in [-0.25, -0.2) is 0 Å². The third kappa shape index (κ3) is 4.51. The number of hydrogen-bond acceptors (Lipinski definition) is 5. The summed E-state index contributed by atoms with van der Waals surface area (Å²) in [7, 11) is 0. The van der Waals surface area contributed by atoms with Gasteiger partial charge in [-0.05, 0) is 38.8 Å². The second-order valence-corrected chi connectivity index (χ2v) is 6.60. The molecule has 0 N–H and O–H groups in total. The molecule has 6 heteroatoms. The normalized spacial score (nSPS) is 20.3. The molecular formula is C17H24N4O2. The van der Waals surface area contributed by atoms with Gasteiger partial charge in [-0.3, -0.25) is 9.67 Å². The molecule has 0 spiro atoms. The molecule has 1 atom stereocenters. The fourth-order valence-corrected chi connectivity index (χ4v) is 2.94. The van der Waals surface area contributed by atoms with Crippen LogP contribution in [0.3, 0.4) is 0 Å². The second-order valence-electron chi connectivity index (χ2n) is 6.60. The highest BCUT2D eigenvalue weighted by Gasteiger charge is 2.31. The van der Waals surface area contributed by atoms with Crippen LogP contribution in [-0.4, -0.2) is 38.8 Å². The van der Waals surface area contributed by atoms with Crippen molar-refractivity contribution < 1.29 is 9.47 Å². The van der Waals surface area contributed by atoms with Crippen molar-refractivity contribution in [3.63, 3.8) is 0 Å². The molecule has 6 nitrogen and oxygen atoms in total. The Labute approximate surface area is 136 Å². The number of aromatic nitrogens is 4. The first-order valence-electron chi connectivity index (χ1n) is 8.19. The Balaban J connectivity index is 1.46. The highest BCUT2D eigenvalue weighted by molar-refractivity contribution is 5.15. The van der Waals surface area contributed by atoms with Crippen molar-refractivity contribution in [2.75, 3.05) is 13.2 Å². The van der Waals surface area contributed by atoms with Crippen molar-refractivity contribution in [3.8, 4) is 5.75 Å². The first kappa shape index (κ1) is 15.9. The summed E-state index contributed by atoms with van der Waals surface area (Å²) in [5.41, 5.74) is 1.01. The van der Waals surface area contributed by atoms with Gasteiger partial charge in [0.2, 0.25) is 0 Å². The number of rotatable bonds is 6. The van der Waals surface area contributed by atoms with Crippen LogP contribution in [0.15, 0.2) is 30.7 Å². The van der Waals surface area contributed by atoms with E-state index in [4.69, 9.17) is 9.47 Å². The molecule has 23 heavy (non-hydrogen) atoms. The zero-order valence-corrected chi connectivity index (χ0v) is 13.8. The van der Waals surface area contributed by atoms with Gasteiger partial charge in [0.25, 0.3) is 0 Å². The molecule has 1 aliphatic rings. The minimum Gasteiger partial charge on any atom is -0.492 e. The van der Waals surface area contributed by atoms with Crippen LogP contribution in [-0.2, 0) is 11.3 Å². The van der Waals surface area contributed by atoms with E-state index in [1.54, 1.807) is 12.4 Å². The molecular weight excluding hydrogens is 292 g/mol. The molecule has 124 valence electrons. The van der Waals surface area contributed by atoms with Gasteiger partial charge in [0, 0.05) is 37.9 Å². The van der Waals surface area contributed by atoms with Gasteiger partial charge in [-0.1, -0.05) is 5.21 Å². The summed E-state index contributed by atoms with van der Waals surface area (Å²) >= 11 is 0. The average Bonchev–Trinajstić information content (AvgIpc) is 3.01. The van der Waals surface area contributed by atoms with Crippen molar-refractivity contribution >= 4 is 0 Å². The van der Waals surface area contributed by atoms with E-state index < -0.39 is 0 Å². The molecule has 1 saturated heterocycles. The van der Waals surface area contributed by atoms with Crippen molar-refractivity contribution in [2.24, 2.45) is 0 Å². The quantitative estimate of drug-likeness (QED) is 0.767. The molecule has 0 aliphatic carbocycles. The molecule has 2 aromatic heterocycles. The molecule has 0 radical (unpaired) electrons. The predicted molar refractivity (Wildman–Crippen MR) is 86.4 cm³/mol. The molecule has 0 aromatic carbocycles. The Bertz CT molecular complexity index is 612. The van der Waals surface area contributed by atoms with E-state index in [1.165, 1.54) is 0 Å². The molecule has 3 rings (SSSR count). The smallest absolute Gasteiger partial charge is 0.137 e. The standard InChI is InChI=1S/C17H24N4O2/c1-17(2)11-14(6-10-23-17)16-13-21(20-19-16)8-4-9-22-15-5-3-7-18-12-15/h3,5,7,12-14H,4,6,8-11H2,1-2H3. The summed E-state index contributed by atoms with van der Waals surface area (Å²) in [6.07, 6.45) is 8.43. The van der Waals surface area contributed by atoms with Gasteiger partial charge < -0.3 is 9.47 Å². The zero-order valence-electron chi connectivity index (χ0n) is 13.8. The summed E-state index contributed by atoms with van der Waals surface area (Å²) < 4.78 is 13.3. The van der Waals surface area contributed by atoms with Crippen molar-refractivity contribution in [3.05, 3.63) is 36.4 Å². The summed E-state index contributed by atoms with van der Waals surface area (Å²) in [6.45, 7) is 6.52. The topological polar surface area (TPSA) is 62.1 Å². The first-order chi connectivity index (χ1) is 11.1. The Kier molecular flexibility index (Phi) is 4.91. The third-order valence-corrected chi connectivity index (χ3v) is 4.11. The lowest BCUT2D eigenvalue weighted by Gasteiger charge is -2.34. The monoisotopic (exact) mass is 316 g/mol. The molecule has 0 amide bonds. The maximum Gasteiger partial charge on any atom is 0.137 e. The summed E-state index contributed by atoms with van der Waals surface area (Å²) in [6, 6.07) is 3.78. The van der Waals surface area contributed by atoms with Crippen LogP contribution in [0.4, 0.5) is 0 Å². The minimum atomic E-state index is -0.0652. The van der Waals surface area contributed by atoms with Crippen LogP contribution in [0.1, 0.15) is 44.7 Å². The van der Waals surface area contributed by atoms with Crippen molar-refractivity contribution in [1.29, 1.82) is 0 Å². The van der Waals surface area contributed by atoms with E-state index >= 15 is 0 Å². The third-order valence-electron chi connectivity index (χ3n) is 4.11. The van der Waals surface area contributed by atoms with Gasteiger partial charge >= 0.3 is 0 Å². The lowest BCUT2D eigenvalue weighted by Crippen LogP contribution is -2.33. The Morgan fingerprint density at radius 2 is 2.35 bits per heavy atom. The van der Waals surface area contributed by atoms with E-state index in [2.05, 4.69) is 35.3 Å². The van der Waals surface area contributed by atoms with Crippen LogP contribution >= 0.6 is 0 Å². The zero-order chi connectivity index (χ0) is 16.1. The fourth-order valence-electron chi connectivity index (χ4n) is 2.94. The van der Waals surface area contributed by atoms with Gasteiger partial charge in [0.15, 0.2) is 0 Å². The van der Waals surface area contributed by atoms with Crippen LogP contribution in [0, 0.1) is 0 Å². The van der Waals surface area contributed by atoms with E-state index in [9.17, 15) is 0 Å². The van der Waals surface area contributed by atoms with E-state index in [0.717, 1.165) is 43.9 Å². The molecule has 0 bridgehead atoms. The van der Waals surface area contributed by atoms with Gasteiger partial charge in [0.05, 0.1) is 24.1 Å². The highest BCUT2D eigenvalue weighted by Crippen LogP contribution is 2.34. The van der Waals surface area contributed by atoms with Gasteiger partial charge in [0.1, 0.15) is 5.75 Å². The van der Waals surface area contributed by atoms with Crippen LogP contribution < -0.4 is 4.74 Å². The average molecular weight is 316 g/mol. The number of aryl methyl sites for hydroxylation is 1. The summed E-state index contributed by atoms with van der Waals surface area (Å²) in [5.74, 6) is 1.25. The second kappa shape index (κ2) is 7.08. The highest BCUT2D eigenvalue weighted by atomic mass is 16.5. The van der Waals surface area contributed by atoms with Gasteiger partial charge in [-0.15, -0.1) is 5.10 Å². The summed E-state index contributed by atoms with van der Waals surface area (Å²) in [5, 5.41) is 8.59. The van der Waals surface area contributed by atoms with Crippen LogP contribution in [0.5, 0.6) is 5.75 Å². The van der Waals surface area contributed by atoms with E-state index in [-0.39, 0.29) is 5.60 Å². The van der Waals surface area contributed by atoms with Crippen LogP contribution in [0.25, 0.3) is 0 Å². The summed E-state index contributed by atoms with van der Waals surface area (Å²) in [4.78, 5) is 4.03. The molecule has 1 fully saturated rings. The lowest BCUT2D eigenvalue weighted by atomic mass is 9.86. The molecule has 2 aromatic rings. The maximum atomic E-state index is 5.77. The number of nitrogens with zero attached hydrogens (tertiary/aromatic N) is 4. The van der Waals surface area contributed by atoms with Crippen LogP contribution in [0.2, 0.25) is 0 Å². The first-order valence-corrected chi connectivity index (χ1v) is 8.19. The minimum absolute atomic E-state index is 0.0652. The molecule has 1 aliphatic heterocycles. The molecule has 1 unspecified atom stereocenters. The van der Waals surface area contributed by atoms with Crippen molar-refractivity contribution in [2.45, 2.75) is 51.2 Å². The number of hydrogen-bond donors (Lipinski definition) is 0. The SMILES string of the molecule is CC1(C)CC(c2cn(CCCOc3cccnc3)nn2)CCO1. The Morgan fingerprint density at radius 1 is 1.43 bits per heavy atom. The molecule has 3 heterocycles. The fraction of sp³-hybridized carbons (Fsp3) is 0.588. The number of pyridine rings is 1. The predicted octanol–water partition coefficient (Wildman–Crippen LogP) is 2.81. The Hall–Kier alpha value is -1.95. The largest absolute Gasteiger partial charge is 0.492 e. The Morgan fingerprint density at radius 3 is 3.13 bits per heavy atom.